The molecule has 0 fully saturated rings. The second-order valence-corrected chi connectivity index (χ2v) is 5.00. The van der Waals surface area contributed by atoms with Gasteiger partial charge in [-0.25, -0.2) is 14.3 Å². The number of hydrogen-bond acceptors (Lipinski definition) is 3. The minimum atomic E-state index is -1.28. The van der Waals surface area contributed by atoms with Crippen molar-refractivity contribution in [3.8, 4) is 0 Å². The summed E-state index contributed by atoms with van der Waals surface area (Å²) >= 11 is 0. The molecule has 0 saturated heterocycles. The van der Waals surface area contributed by atoms with Gasteiger partial charge in [0.25, 0.3) is 0 Å². The van der Waals surface area contributed by atoms with Crippen LogP contribution in [0.4, 0.5) is 0 Å². The molecule has 0 aromatic heterocycles. The Balaban J connectivity index is 3.55. The third-order valence-electron chi connectivity index (χ3n) is 2.47. The van der Waals surface area contributed by atoms with Crippen LogP contribution in [0.1, 0.15) is 47.1 Å². The maximum Gasteiger partial charge on any atom is 0.336 e. The molecular formula is C13H15NO5. The summed E-state index contributed by atoms with van der Waals surface area (Å²) in [5, 5.41) is 30.0. The predicted molar refractivity (Wildman–Crippen MR) is 68.9 cm³/mol. The Hall–Kier alpha value is -2.37. The monoisotopic (exact) mass is 265 g/mol. The van der Waals surface area contributed by atoms with Gasteiger partial charge >= 0.3 is 11.9 Å². The topological polar surface area (TPSA) is 101 Å². The van der Waals surface area contributed by atoms with Gasteiger partial charge in [-0.2, -0.15) is 0 Å². The van der Waals surface area contributed by atoms with Crippen LogP contribution in [0.5, 0.6) is 0 Å². The Kier molecular flexibility index (Phi) is 3.94. The highest BCUT2D eigenvalue weighted by Crippen LogP contribution is 2.15. The Morgan fingerprint density at radius 3 is 1.89 bits per heavy atom. The van der Waals surface area contributed by atoms with Gasteiger partial charge in [-0.15, -0.1) is 0 Å². The molecule has 2 N–H and O–H groups in total. The number of benzene rings is 1. The molecule has 0 spiro atoms. The van der Waals surface area contributed by atoms with Gasteiger partial charge in [0.1, 0.15) is 0 Å². The number of aromatic carboxylic acids is 2. The van der Waals surface area contributed by atoms with E-state index in [1.807, 2.05) is 0 Å². The van der Waals surface area contributed by atoms with Crippen molar-refractivity contribution in [1.29, 1.82) is 0 Å². The molecule has 19 heavy (non-hydrogen) atoms. The quantitative estimate of drug-likeness (QED) is 0.375. The molecule has 0 radical (unpaired) electrons. The number of carboxylic acid groups (broad SMARTS) is 2. The van der Waals surface area contributed by atoms with E-state index in [9.17, 15) is 14.8 Å². The van der Waals surface area contributed by atoms with Crippen LogP contribution in [0.15, 0.2) is 18.2 Å². The van der Waals surface area contributed by atoms with Crippen molar-refractivity contribution in [1.82, 2.24) is 0 Å². The van der Waals surface area contributed by atoms with Crippen LogP contribution in [-0.2, 0) is 0 Å². The normalized spacial score (nSPS) is 12.3. The molecule has 6 nitrogen and oxygen atoms in total. The summed E-state index contributed by atoms with van der Waals surface area (Å²) in [4.78, 5) is 22.2. The van der Waals surface area contributed by atoms with E-state index < -0.39 is 17.5 Å². The molecule has 6 heteroatoms. The minimum absolute atomic E-state index is 0.104. The van der Waals surface area contributed by atoms with Crippen molar-refractivity contribution in [2.75, 3.05) is 0 Å². The van der Waals surface area contributed by atoms with E-state index >= 15 is 0 Å². The molecule has 0 heterocycles. The van der Waals surface area contributed by atoms with Crippen molar-refractivity contribution < 1.29 is 24.5 Å². The molecule has 0 aliphatic heterocycles. The molecule has 102 valence electrons. The van der Waals surface area contributed by atoms with Crippen molar-refractivity contribution >= 4 is 18.2 Å². The maximum atomic E-state index is 11.9. The molecule has 1 aromatic rings. The lowest BCUT2D eigenvalue weighted by Gasteiger charge is -2.19. The summed E-state index contributed by atoms with van der Waals surface area (Å²) in [5.41, 5.74) is -1.33. The van der Waals surface area contributed by atoms with Gasteiger partial charge < -0.3 is 15.4 Å². The number of nitrogens with zero attached hydrogens (tertiary/aromatic N) is 1. The van der Waals surface area contributed by atoms with Gasteiger partial charge in [-0.1, -0.05) is 6.07 Å². The lowest BCUT2D eigenvalue weighted by molar-refractivity contribution is -0.530. The highest BCUT2D eigenvalue weighted by Gasteiger charge is 2.23. The number of rotatable bonds is 3. The van der Waals surface area contributed by atoms with E-state index in [4.69, 9.17) is 10.2 Å². The molecule has 0 bridgehead atoms. The van der Waals surface area contributed by atoms with Crippen molar-refractivity contribution in [2.45, 2.75) is 26.3 Å². The largest absolute Gasteiger partial charge is 0.623 e. The predicted octanol–water partition coefficient (Wildman–Crippen LogP) is 1.81. The first-order chi connectivity index (χ1) is 8.64. The number of carboxylic acids is 2. The first kappa shape index (κ1) is 14.7. The van der Waals surface area contributed by atoms with Gasteiger partial charge in [0.05, 0.1) is 16.7 Å². The first-order valence-electron chi connectivity index (χ1n) is 5.55. The van der Waals surface area contributed by atoms with E-state index in [2.05, 4.69) is 0 Å². The van der Waals surface area contributed by atoms with Crippen LogP contribution in [0.2, 0.25) is 0 Å². The molecule has 0 unspecified atom stereocenters. The Morgan fingerprint density at radius 2 is 1.58 bits per heavy atom. The zero-order chi connectivity index (χ0) is 14.8. The molecule has 1 aromatic carbocycles. The standard InChI is InChI=1S/C13H15NO5/c1-13(2,3)14(19)7-10-8(11(15)16)5-4-6-9(10)12(17)18/h4-7H,1-3H3,(H,15,16)(H,17,18). The van der Waals surface area contributed by atoms with Crippen LogP contribution < -0.4 is 0 Å². The van der Waals surface area contributed by atoms with Gasteiger partial charge in [0.2, 0.25) is 0 Å². The minimum Gasteiger partial charge on any atom is -0.623 e. The lowest BCUT2D eigenvalue weighted by Crippen LogP contribution is -2.30. The summed E-state index contributed by atoms with van der Waals surface area (Å²) in [7, 11) is 0. The third-order valence-corrected chi connectivity index (χ3v) is 2.47. The Bertz CT molecular complexity index is 522. The molecule has 0 atom stereocenters. The van der Waals surface area contributed by atoms with E-state index in [1.165, 1.54) is 18.2 Å². The second kappa shape index (κ2) is 5.09. The van der Waals surface area contributed by atoms with Crippen molar-refractivity contribution in [2.24, 2.45) is 0 Å². The average Bonchev–Trinajstić information content (AvgIpc) is 2.27. The van der Waals surface area contributed by atoms with Crippen LogP contribution >= 0.6 is 0 Å². The number of hydrogen-bond donors (Lipinski definition) is 2. The molecule has 0 saturated carbocycles. The first-order valence-corrected chi connectivity index (χ1v) is 5.55. The fraction of sp³-hybridized carbons (Fsp3) is 0.308. The highest BCUT2D eigenvalue weighted by molar-refractivity contribution is 6.05. The molecule has 0 aliphatic carbocycles. The van der Waals surface area contributed by atoms with E-state index in [0.29, 0.717) is 4.74 Å². The fourth-order valence-corrected chi connectivity index (χ4v) is 1.39. The third kappa shape index (κ3) is 3.31. The average molecular weight is 265 g/mol. The van der Waals surface area contributed by atoms with E-state index in [-0.39, 0.29) is 16.7 Å². The maximum absolute atomic E-state index is 11.9. The highest BCUT2D eigenvalue weighted by atomic mass is 16.5. The van der Waals surface area contributed by atoms with Crippen LogP contribution in [0, 0.1) is 5.21 Å². The molecule has 1 rings (SSSR count). The SMILES string of the molecule is CC(C)(C)[N+]([O-])=Cc1c(C(=O)O)cccc1C(=O)O. The van der Waals surface area contributed by atoms with Crippen molar-refractivity contribution in [3.63, 3.8) is 0 Å². The Labute approximate surface area is 110 Å². The van der Waals surface area contributed by atoms with Crippen LogP contribution in [-0.4, -0.2) is 38.6 Å². The van der Waals surface area contributed by atoms with Gasteiger partial charge in [-0.05, 0) is 12.1 Å². The fourth-order valence-electron chi connectivity index (χ4n) is 1.39. The summed E-state index contributed by atoms with van der Waals surface area (Å²) < 4.78 is 0.543. The van der Waals surface area contributed by atoms with Crippen molar-refractivity contribution in [3.05, 3.63) is 40.1 Å². The number of carbonyl (C=O) groups is 2. The molecular weight excluding hydrogens is 250 g/mol. The van der Waals surface area contributed by atoms with Gasteiger partial charge in [-0.3, -0.25) is 0 Å². The van der Waals surface area contributed by atoms with Gasteiger partial charge in [0, 0.05) is 20.8 Å². The van der Waals surface area contributed by atoms with Crippen LogP contribution in [0.25, 0.3) is 0 Å². The van der Waals surface area contributed by atoms with E-state index in [0.717, 1.165) is 6.21 Å². The summed E-state index contributed by atoms with van der Waals surface area (Å²) in [5.74, 6) is -2.56. The van der Waals surface area contributed by atoms with Crippen LogP contribution in [0.3, 0.4) is 0 Å². The summed E-state index contributed by atoms with van der Waals surface area (Å²) in [6.45, 7) is 4.92. The van der Waals surface area contributed by atoms with E-state index in [1.54, 1.807) is 20.8 Å². The molecule has 0 aliphatic rings. The smallest absolute Gasteiger partial charge is 0.336 e. The molecule has 0 amide bonds. The summed E-state index contributed by atoms with van der Waals surface area (Å²) in [6.07, 6.45) is 1.01. The lowest BCUT2D eigenvalue weighted by atomic mass is 10.0. The summed E-state index contributed by atoms with van der Waals surface area (Å²) in [6, 6.07) is 3.85. The number of hydroxylamine groups is 1. The van der Waals surface area contributed by atoms with Gasteiger partial charge in [0.15, 0.2) is 11.8 Å². The second-order valence-electron chi connectivity index (χ2n) is 5.00. The zero-order valence-electron chi connectivity index (χ0n) is 10.9. The zero-order valence-corrected chi connectivity index (χ0v) is 10.9. The Morgan fingerprint density at radius 1 is 1.16 bits per heavy atom.